The average molecular weight is 268 g/mol. The van der Waals surface area contributed by atoms with Crippen molar-refractivity contribution >= 4 is 11.0 Å². The van der Waals surface area contributed by atoms with Gasteiger partial charge in [-0.25, -0.2) is 4.98 Å². The monoisotopic (exact) mass is 268 g/mol. The molecule has 0 saturated carbocycles. The van der Waals surface area contributed by atoms with Crippen molar-refractivity contribution in [3.63, 3.8) is 0 Å². The van der Waals surface area contributed by atoms with Crippen LogP contribution in [-0.4, -0.2) is 19.8 Å². The molecule has 2 N–H and O–H groups in total. The van der Waals surface area contributed by atoms with Crippen molar-refractivity contribution < 1.29 is 10.2 Å². The normalized spacial score (nSPS) is 11.1. The van der Waals surface area contributed by atoms with Gasteiger partial charge in [0.1, 0.15) is 12.4 Å². The summed E-state index contributed by atoms with van der Waals surface area (Å²) in [6.45, 7) is 0.627. The van der Waals surface area contributed by atoms with Gasteiger partial charge in [-0.05, 0) is 23.3 Å². The highest BCUT2D eigenvalue weighted by Crippen LogP contribution is 2.18. The molecule has 3 aromatic rings. The average Bonchev–Trinajstić information content (AvgIpc) is 2.86. The van der Waals surface area contributed by atoms with Gasteiger partial charge in [0.25, 0.3) is 0 Å². The van der Waals surface area contributed by atoms with Crippen LogP contribution in [0, 0.1) is 0 Å². The van der Waals surface area contributed by atoms with Gasteiger partial charge in [0, 0.05) is 6.54 Å². The lowest BCUT2D eigenvalue weighted by Crippen LogP contribution is -2.05. The van der Waals surface area contributed by atoms with Crippen LogP contribution in [0.5, 0.6) is 0 Å². The van der Waals surface area contributed by atoms with Crippen molar-refractivity contribution in [1.29, 1.82) is 0 Å². The summed E-state index contributed by atoms with van der Waals surface area (Å²) >= 11 is 0. The van der Waals surface area contributed by atoms with E-state index in [1.165, 1.54) is 0 Å². The Kier molecular flexibility index (Phi) is 3.50. The molecule has 102 valence electrons. The van der Waals surface area contributed by atoms with E-state index in [1.54, 1.807) is 0 Å². The van der Waals surface area contributed by atoms with Gasteiger partial charge >= 0.3 is 0 Å². The van der Waals surface area contributed by atoms with Crippen LogP contribution in [0.15, 0.2) is 48.5 Å². The fourth-order valence-electron chi connectivity index (χ4n) is 2.36. The molecule has 0 radical (unpaired) electrons. The van der Waals surface area contributed by atoms with Crippen molar-refractivity contribution in [3.05, 3.63) is 65.5 Å². The van der Waals surface area contributed by atoms with Gasteiger partial charge in [0.05, 0.1) is 17.6 Å². The fourth-order valence-corrected chi connectivity index (χ4v) is 2.36. The standard InChI is InChI=1S/C16H16N2O2/c19-10-13-7-5-12(6-8-13)9-18-15-4-2-1-3-14(15)17-16(18)11-20/h1-8,19-20H,9-11H2. The molecule has 2 aromatic carbocycles. The van der Waals surface area contributed by atoms with Crippen LogP contribution in [0.3, 0.4) is 0 Å². The van der Waals surface area contributed by atoms with E-state index in [1.807, 2.05) is 53.1 Å². The summed E-state index contributed by atoms with van der Waals surface area (Å²) < 4.78 is 2.02. The number of aliphatic hydroxyl groups excluding tert-OH is 2. The van der Waals surface area contributed by atoms with E-state index in [0.29, 0.717) is 12.4 Å². The molecule has 0 bridgehead atoms. The largest absolute Gasteiger partial charge is 0.392 e. The molecule has 20 heavy (non-hydrogen) atoms. The zero-order valence-electron chi connectivity index (χ0n) is 11.0. The Labute approximate surface area is 116 Å². The van der Waals surface area contributed by atoms with Gasteiger partial charge in [0.15, 0.2) is 0 Å². The molecule has 4 nitrogen and oxygen atoms in total. The summed E-state index contributed by atoms with van der Waals surface area (Å²) in [5, 5.41) is 18.5. The second-order valence-electron chi connectivity index (χ2n) is 4.74. The number of hydrogen-bond acceptors (Lipinski definition) is 3. The van der Waals surface area contributed by atoms with Crippen LogP contribution >= 0.6 is 0 Å². The lowest BCUT2D eigenvalue weighted by Gasteiger charge is -2.08. The fraction of sp³-hybridized carbons (Fsp3) is 0.188. The third kappa shape index (κ3) is 2.31. The predicted octanol–water partition coefficient (Wildman–Crippen LogP) is 2.07. The maximum Gasteiger partial charge on any atom is 0.136 e. The Bertz CT molecular complexity index is 717. The van der Waals surface area contributed by atoms with Gasteiger partial charge < -0.3 is 14.8 Å². The molecule has 0 amide bonds. The molecule has 0 fully saturated rings. The second kappa shape index (κ2) is 5.45. The highest BCUT2D eigenvalue weighted by Gasteiger charge is 2.09. The maximum absolute atomic E-state index is 9.46. The van der Waals surface area contributed by atoms with Crippen molar-refractivity contribution in [2.75, 3.05) is 0 Å². The quantitative estimate of drug-likeness (QED) is 0.761. The molecule has 0 aliphatic heterocycles. The first-order valence-corrected chi connectivity index (χ1v) is 6.55. The lowest BCUT2D eigenvalue weighted by atomic mass is 10.1. The summed E-state index contributed by atoms with van der Waals surface area (Å²) in [5.74, 6) is 0.664. The number of imidazole rings is 1. The molecule has 0 unspecified atom stereocenters. The third-order valence-corrected chi connectivity index (χ3v) is 3.42. The minimum absolute atomic E-state index is 0.0518. The summed E-state index contributed by atoms with van der Waals surface area (Å²) in [6, 6.07) is 15.7. The molecule has 1 aromatic heterocycles. The second-order valence-corrected chi connectivity index (χ2v) is 4.74. The molecular formula is C16H16N2O2. The van der Waals surface area contributed by atoms with Crippen molar-refractivity contribution in [2.45, 2.75) is 19.8 Å². The zero-order valence-corrected chi connectivity index (χ0v) is 11.0. The van der Waals surface area contributed by atoms with E-state index in [-0.39, 0.29) is 13.2 Å². The Morgan fingerprint density at radius 2 is 1.55 bits per heavy atom. The van der Waals surface area contributed by atoms with Gasteiger partial charge in [-0.1, -0.05) is 36.4 Å². The molecule has 0 spiro atoms. The molecule has 1 heterocycles. The first-order chi connectivity index (χ1) is 9.81. The first-order valence-electron chi connectivity index (χ1n) is 6.55. The van der Waals surface area contributed by atoms with Crippen LogP contribution in [-0.2, 0) is 19.8 Å². The van der Waals surface area contributed by atoms with Crippen LogP contribution < -0.4 is 0 Å². The maximum atomic E-state index is 9.46. The number of nitrogens with zero attached hydrogens (tertiary/aromatic N) is 2. The van der Waals surface area contributed by atoms with Gasteiger partial charge in [-0.2, -0.15) is 0 Å². The number of para-hydroxylation sites is 2. The summed E-state index contributed by atoms with van der Waals surface area (Å²) in [7, 11) is 0. The minimum Gasteiger partial charge on any atom is -0.392 e. The summed E-state index contributed by atoms with van der Waals surface area (Å²) in [6.07, 6.45) is 0. The predicted molar refractivity (Wildman–Crippen MR) is 77.1 cm³/mol. The Morgan fingerprint density at radius 1 is 0.850 bits per heavy atom. The third-order valence-electron chi connectivity index (χ3n) is 3.42. The van der Waals surface area contributed by atoms with Crippen LogP contribution in [0.1, 0.15) is 17.0 Å². The van der Waals surface area contributed by atoms with E-state index in [2.05, 4.69) is 4.98 Å². The lowest BCUT2D eigenvalue weighted by molar-refractivity contribution is 0.267. The van der Waals surface area contributed by atoms with E-state index in [9.17, 15) is 5.11 Å². The SMILES string of the molecule is OCc1ccc(Cn2c(CO)nc3ccccc32)cc1. The molecule has 0 aliphatic rings. The molecule has 0 atom stereocenters. The van der Waals surface area contributed by atoms with Crippen LogP contribution in [0.25, 0.3) is 11.0 Å². The summed E-state index contributed by atoms with van der Waals surface area (Å²) in [5.41, 5.74) is 3.91. The number of aliphatic hydroxyl groups is 2. The highest BCUT2D eigenvalue weighted by atomic mass is 16.3. The smallest absolute Gasteiger partial charge is 0.136 e. The number of fused-ring (bicyclic) bond motifs is 1. The molecule has 0 aliphatic carbocycles. The Hall–Kier alpha value is -2.17. The topological polar surface area (TPSA) is 58.3 Å². The highest BCUT2D eigenvalue weighted by molar-refractivity contribution is 5.76. The zero-order chi connectivity index (χ0) is 13.9. The van der Waals surface area contributed by atoms with Crippen molar-refractivity contribution in [1.82, 2.24) is 9.55 Å². The summed E-state index contributed by atoms with van der Waals surface area (Å²) in [4.78, 5) is 4.43. The first kappa shape index (κ1) is 12.8. The van der Waals surface area contributed by atoms with Gasteiger partial charge in [-0.3, -0.25) is 0 Å². The number of rotatable bonds is 4. The van der Waals surface area contributed by atoms with Gasteiger partial charge in [-0.15, -0.1) is 0 Å². The van der Waals surface area contributed by atoms with E-state index in [0.717, 1.165) is 22.2 Å². The Balaban J connectivity index is 2.00. The molecule has 3 rings (SSSR count). The van der Waals surface area contributed by atoms with Crippen LogP contribution in [0.2, 0.25) is 0 Å². The van der Waals surface area contributed by atoms with Crippen molar-refractivity contribution in [2.24, 2.45) is 0 Å². The van der Waals surface area contributed by atoms with E-state index in [4.69, 9.17) is 5.11 Å². The van der Waals surface area contributed by atoms with Crippen LogP contribution in [0.4, 0.5) is 0 Å². The van der Waals surface area contributed by atoms with Crippen molar-refractivity contribution in [3.8, 4) is 0 Å². The number of hydrogen-bond donors (Lipinski definition) is 2. The molecular weight excluding hydrogens is 252 g/mol. The Morgan fingerprint density at radius 3 is 2.25 bits per heavy atom. The van der Waals surface area contributed by atoms with E-state index >= 15 is 0 Å². The number of aromatic nitrogens is 2. The minimum atomic E-state index is -0.0800. The van der Waals surface area contributed by atoms with E-state index < -0.39 is 0 Å². The number of benzene rings is 2. The molecule has 0 saturated heterocycles. The molecule has 4 heteroatoms. The van der Waals surface area contributed by atoms with Gasteiger partial charge in [0.2, 0.25) is 0 Å².